The number of nitrogens with zero attached hydrogens (tertiary/aromatic N) is 1. The molecule has 1 N–H and O–H groups in total. The van der Waals surface area contributed by atoms with E-state index in [4.69, 9.17) is 0 Å². The summed E-state index contributed by atoms with van der Waals surface area (Å²) in [6.45, 7) is 2.93. The van der Waals surface area contributed by atoms with Gasteiger partial charge in [0, 0.05) is 13.6 Å². The topological polar surface area (TPSA) is 32.3 Å². The molecule has 0 aromatic heterocycles. The first-order valence-corrected chi connectivity index (χ1v) is 5.75. The van der Waals surface area contributed by atoms with E-state index in [1.807, 2.05) is 12.1 Å². The molecular weight excluding hydrogens is 200 g/mol. The van der Waals surface area contributed by atoms with Gasteiger partial charge in [-0.15, -0.1) is 0 Å². The molecule has 0 radical (unpaired) electrons. The van der Waals surface area contributed by atoms with Gasteiger partial charge in [0.1, 0.15) is 0 Å². The monoisotopic (exact) mass is 216 g/mol. The van der Waals surface area contributed by atoms with Crippen LogP contribution in [0.15, 0.2) is 18.2 Å². The zero-order chi connectivity index (χ0) is 11.3. The number of carbonyl (C=O) groups excluding carboxylic acids is 1. The maximum atomic E-state index is 12.1. The fourth-order valence-electron chi connectivity index (χ4n) is 2.66. The molecule has 1 saturated carbocycles. The van der Waals surface area contributed by atoms with Crippen LogP contribution in [0.5, 0.6) is 0 Å². The standard InChI is InChI=1S/C13H16N2O/c1-9-4-3-5-10-11(9)15(2)8-13(6-7-13)12(16)14-10/h3-5H,6-8H2,1-2H3,(H,14,16). The van der Waals surface area contributed by atoms with Gasteiger partial charge in [-0.2, -0.15) is 0 Å². The highest BCUT2D eigenvalue weighted by Gasteiger charge is 2.52. The number of para-hydroxylation sites is 1. The van der Waals surface area contributed by atoms with Gasteiger partial charge in [-0.05, 0) is 31.4 Å². The lowest BCUT2D eigenvalue weighted by atomic mass is 10.1. The Kier molecular flexibility index (Phi) is 1.82. The molecule has 16 heavy (non-hydrogen) atoms. The normalized spacial score (nSPS) is 21.4. The van der Waals surface area contributed by atoms with Crippen LogP contribution in [0.25, 0.3) is 0 Å². The predicted molar refractivity (Wildman–Crippen MR) is 64.7 cm³/mol. The third kappa shape index (κ3) is 1.24. The summed E-state index contributed by atoms with van der Waals surface area (Å²) in [6, 6.07) is 6.07. The van der Waals surface area contributed by atoms with Crippen LogP contribution >= 0.6 is 0 Å². The molecule has 1 spiro atoms. The summed E-state index contributed by atoms with van der Waals surface area (Å²) in [4.78, 5) is 14.3. The molecule has 0 atom stereocenters. The van der Waals surface area contributed by atoms with Crippen LogP contribution < -0.4 is 10.2 Å². The van der Waals surface area contributed by atoms with Gasteiger partial charge < -0.3 is 10.2 Å². The lowest BCUT2D eigenvalue weighted by molar-refractivity contribution is -0.120. The van der Waals surface area contributed by atoms with Gasteiger partial charge in [-0.25, -0.2) is 0 Å². The minimum absolute atomic E-state index is 0.111. The third-order valence-corrected chi connectivity index (χ3v) is 3.74. The van der Waals surface area contributed by atoms with Crippen molar-refractivity contribution in [3.05, 3.63) is 23.8 Å². The molecule has 2 aliphatic rings. The van der Waals surface area contributed by atoms with E-state index in [2.05, 4.69) is 30.3 Å². The SMILES string of the molecule is Cc1cccc2c1N(C)CC1(CC1)C(=O)N2. The molecule has 1 aromatic rings. The Morgan fingerprint density at radius 3 is 2.81 bits per heavy atom. The maximum absolute atomic E-state index is 12.1. The summed E-state index contributed by atoms with van der Waals surface area (Å²) in [6.07, 6.45) is 2.05. The number of amides is 1. The highest BCUT2D eigenvalue weighted by molar-refractivity contribution is 6.02. The van der Waals surface area contributed by atoms with E-state index in [1.54, 1.807) is 0 Å². The summed E-state index contributed by atoms with van der Waals surface area (Å²) in [5, 5.41) is 3.07. The molecule has 1 amide bonds. The number of benzene rings is 1. The number of aryl methyl sites for hydroxylation is 1. The number of nitrogens with one attached hydrogen (secondary N) is 1. The van der Waals surface area contributed by atoms with Gasteiger partial charge in [0.15, 0.2) is 0 Å². The van der Waals surface area contributed by atoms with E-state index in [1.165, 1.54) is 11.3 Å². The van der Waals surface area contributed by atoms with Crippen LogP contribution in [0.3, 0.4) is 0 Å². The fourth-order valence-corrected chi connectivity index (χ4v) is 2.66. The average Bonchev–Trinajstić information content (AvgIpc) is 2.98. The zero-order valence-corrected chi connectivity index (χ0v) is 9.71. The summed E-state index contributed by atoms with van der Waals surface area (Å²) >= 11 is 0. The van der Waals surface area contributed by atoms with Crippen molar-refractivity contribution >= 4 is 17.3 Å². The van der Waals surface area contributed by atoms with Crippen molar-refractivity contribution in [1.29, 1.82) is 0 Å². The first-order valence-electron chi connectivity index (χ1n) is 5.75. The van der Waals surface area contributed by atoms with E-state index in [-0.39, 0.29) is 11.3 Å². The van der Waals surface area contributed by atoms with E-state index in [0.29, 0.717) is 0 Å². The lowest BCUT2D eigenvalue weighted by Gasteiger charge is -2.22. The van der Waals surface area contributed by atoms with Crippen LogP contribution in [0.2, 0.25) is 0 Å². The molecule has 3 heteroatoms. The number of rotatable bonds is 0. The number of anilines is 2. The Hall–Kier alpha value is -1.51. The van der Waals surface area contributed by atoms with E-state index in [0.717, 1.165) is 25.1 Å². The van der Waals surface area contributed by atoms with E-state index >= 15 is 0 Å². The van der Waals surface area contributed by atoms with Crippen molar-refractivity contribution in [2.24, 2.45) is 5.41 Å². The Balaban J connectivity index is 2.10. The van der Waals surface area contributed by atoms with Crippen LogP contribution in [-0.2, 0) is 4.79 Å². The molecule has 1 fully saturated rings. The molecule has 0 unspecified atom stereocenters. The molecule has 1 heterocycles. The van der Waals surface area contributed by atoms with Gasteiger partial charge in [-0.1, -0.05) is 12.1 Å². The number of fused-ring (bicyclic) bond motifs is 1. The molecular formula is C13H16N2O. The fraction of sp³-hybridized carbons (Fsp3) is 0.462. The van der Waals surface area contributed by atoms with Crippen LogP contribution in [-0.4, -0.2) is 19.5 Å². The summed E-state index contributed by atoms with van der Waals surface area (Å²) in [7, 11) is 2.08. The second-order valence-corrected chi connectivity index (χ2v) is 5.06. The highest BCUT2D eigenvalue weighted by atomic mass is 16.2. The predicted octanol–water partition coefficient (Wildman–Crippen LogP) is 2.16. The van der Waals surface area contributed by atoms with Crippen molar-refractivity contribution in [2.45, 2.75) is 19.8 Å². The van der Waals surface area contributed by atoms with Gasteiger partial charge >= 0.3 is 0 Å². The molecule has 0 saturated heterocycles. The molecule has 1 aliphatic heterocycles. The maximum Gasteiger partial charge on any atom is 0.232 e. The minimum atomic E-state index is -0.111. The lowest BCUT2D eigenvalue weighted by Crippen LogP contribution is -2.31. The first-order chi connectivity index (χ1) is 7.62. The van der Waals surface area contributed by atoms with Crippen molar-refractivity contribution in [3.63, 3.8) is 0 Å². The Labute approximate surface area is 95.4 Å². The number of hydrogen-bond acceptors (Lipinski definition) is 2. The largest absolute Gasteiger partial charge is 0.372 e. The quantitative estimate of drug-likeness (QED) is 0.720. The molecule has 1 aromatic carbocycles. The van der Waals surface area contributed by atoms with Gasteiger partial charge in [0.05, 0.1) is 16.8 Å². The van der Waals surface area contributed by atoms with Crippen molar-refractivity contribution < 1.29 is 4.79 Å². The van der Waals surface area contributed by atoms with Crippen molar-refractivity contribution in [2.75, 3.05) is 23.8 Å². The summed E-state index contributed by atoms with van der Waals surface area (Å²) in [5.74, 6) is 0.198. The van der Waals surface area contributed by atoms with Gasteiger partial charge in [0.25, 0.3) is 0 Å². The van der Waals surface area contributed by atoms with Gasteiger partial charge in [0.2, 0.25) is 5.91 Å². The Morgan fingerprint density at radius 2 is 2.12 bits per heavy atom. The van der Waals surface area contributed by atoms with Gasteiger partial charge in [-0.3, -0.25) is 4.79 Å². The van der Waals surface area contributed by atoms with Crippen LogP contribution in [0.4, 0.5) is 11.4 Å². The molecule has 0 bridgehead atoms. The molecule has 1 aliphatic carbocycles. The highest BCUT2D eigenvalue weighted by Crippen LogP contribution is 2.50. The second kappa shape index (κ2) is 3.00. The Bertz CT molecular complexity index is 463. The van der Waals surface area contributed by atoms with Crippen LogP contribution in [0, 0.1) is 12.3 Å². The average molecular weight is 216 g/mol. The minimum Gasteiger partial charge on any atom is -0.372 e. The smallest absolute Gasteiger partial charge is 0.232 e. The molecule has 3 nitrogen and oxygen atoms in total. The van der Waals surface area contributed by atoms with E-state index < -0.39 is 0 Å². The third-order valence-electron chi connectivity index (χ3n) is 3.74. The second-order valence-electron chi connectivity index (χ2n) is 5.06. The summed E-state index contributed by atoms with van der Waals surface area (Å²) in [5.41, 5.74) is 3.23. The van der Waals surface area contributed by atoms with Crippen molar-refractivity contribution in [3.8, 4) is 0 Å². The van der Waals surface area contributed by atoms with Crippen molar-refractivity contribution in [1.82, 2.24) is 0 Å². The zero-order valence-electron chi connectivity index (χ0n) is 9.71. The Morgan fingerprint density at radius 1 is 1.38 bits per heavy atom. The number of hydrogen-bond donors (Lipinski definition) is 1. The first kappa shape index (κ1) is 9.70. The summed E-state index contributed by atoms with van der Waals surface area (Å²) < 4.78 is 0. The molecule has 84 valence electrons. The molecule has 3 rings (SSSR count). The van der Waals surface area contributed by atoms with E-state index in [9.17, 15) is 4.79 Å². The number of carbonyl (C=O) groups is 1. The van der Waals surface area contributed by atoms with Crippen LogP contribution in [0.1, 0.15) is 18.4 Å².